The number of fused-ring (bicyclic) bond motifs is 1. The van der Waals surface area contributed by atoms with Crippen molar-refractivity contribution in [2.45, 2.75) is 31.8 Å². The first-order valence-corrected chi connectivity index (χ1v) is 6.47. The lowest BCUT2D eigenvalue weighted by molar-refractivity contribution is -0.145. The number of carbonyl (C=O) groups excluding carboxylic acids is 1. The number of nitrogens with one attached hydrogen (secondary N) is 1. The molecule has 5 heteroatoms. The molecule has 0 aromatic heterocycles. The standard InChI is InChI=1S/C14H15NO4/c16-13(8-1-2-8)15-10-4-6-11-9(7-10)3-5-12(19-11)14(17)18/h4,6-8,12H,1-3,5H2,(H,15,16)(H,17,18)/t12-/m0/s1. The van der Waals surface area contributed by atoms with Crippen LogP contribution in [0.5, 0.6) is 5.75 Å². The number of anilines is 1. The van der Waals surface area contributed by atoms with E-state index in [2.05, 4.69) is 5.32 Å². The number of aliphatic carboxylic acids is 1. The smallest absolute Gasteiger partial charge is 0.344 e. The van der Waals surface area contributed by atoms with E-state index < -0.39 is 12.1 Å². The maximum absolute atomic E-state index is 11.7. The van der Waals surface area contributed by atoms with Gasteiger partial charge in [0.25, 0.3) is 0 Å². The molecule has 0 spiro atoms. The molecule has 1 fully saturated rings. The van der Waals surface area contributed by atoms with Crippen molar-refractivity contribution in [3.63, 3.8) is 0 Å². The molecule has 1 aliphatic carbocycles. The number of carboxylic acids is 1. The zero-order valence-electron chi connectivity index (χ0n) is 10.4. The number of aryl methyl sites for hydroxylation is 1. The second-order valence-corrected chi connectivity index (χ2v) is 5.07. The van der Waals surface area contributed by atoms with Crippen molar-refractivity contribution in [1.29, 1.82) is 0 Å². The van der Waals surface area contributed by atoms with Crippen LogP contribution in [0.1, 0.15) is 24.8 Å². The van der Waals surface area contributed by atoms with E-state index in [4.69, 9.17) is 9.84 Å². The van der Waals surface area contributed by atoms with Crippen LogP contribution in [0, 0.1) is 5.92 Å². The van der Waals surface area contributed by atoms with Crippen molar-refractivity contribution in [2.75, 3.05) is 5.32 Å². The second-order valence-electron chi connectivity index (χ2n) is 5.07. The molecule has 100 valence electrons. The molecule has 0 unspecified atom stereocenters. The van der Waals surface area contributed by atoms with Crippen molar-refractivity contribution in [2.24, 2.45) is 5.92 Å². The highest BCUT2D eigenvalue weighted by Gasteiger charge is 2.30. The van der Waals surface area contributed by atoms with Gasteiger partial charge in [-0.2, -0.15) is 0 Å². The van der Waals surface area contributed by atoms with Crippen molar-refractivity contribution in [3.05, 3.63) is 23.8 Å². The van der Waals surface area contributed by atoms with Crippen molar-refractivity contribution in [3.8, 4) is 5.75 Å². The van der Waals surface area contributed by atoms with Crippen molar-refractivity contribution in [1.82, 2.24) is 0 Å². The van der Waals surface area contributed by atoms with E-state index >= 15 is 0 Å². The van der Waals surface area contributed by atoms with Gasteiger partial charge in [0.1, 0.15) is 5.75 Å². The Kier molecular flexibility index (Phi) is 2.89. The summed E-state index contributed by atoms with van der Waals surface area (Å²) in [6, 6.07) is 5.35. The van der Waals surface area contributed by atoms with Gasteiger partial charge < -0.3 is 15.2 Å². The van der Waals surface area contributed by atoms with Gasteiger partial charge in [-0.1, -0.05) is 0 Å². The molecule has 0 saturated heterocycles. The van der Waals surface area contributed by atoms with Crippen LogP contribution in [0.15, 0.2) is 18.2 Å². The second kappa shape index (κ2) is 4.57. The fraction of sp³-hybridized carbons (Fsp3) is 0.429. The molecule has 0 bridgehead atoms. The number of carbonyl (C=O) groups is 2. The van der Waals surface area contributed by atoms with Crippen LogP contribution in [-0.4, -0.2) is 23.1 Å². The summed E-state index contributed by atoms with van der Waals surface area (Å²) in [5, 5.41) is 11.8. The maximum Gasteiger partial charge on any atom is 0.344 e. The highest BCUT2D eigenvalue weighted by Crippen LogP contribution is 2.33. The Hall–Kier alpha value is -2.04. The third kappa shape index (κ3) is 2.54. The summed E-state index contributed by atoms with van der Waals surface area (Å²) in [6.45, 7) is 0. The first-order chi connectivity index (χ1) is 9.13. The number of hydrogen-bond donors (Lipinski definition) is 2. The number of carboxylic acid groups (broad SMARTS) is 1. The third-order valence-electron chi connectivity index (χ3n) is 3.50. The lowest BCUT2D eigenvalue weighted by Crippen LogP contribution is -2.30. The van der Waals surface area contributed by atoms with Crippen molar-refractivity contribution >= 4 is 17.6 Å². The molecule has 5 nitrogen and oxygen atoms in total. The molecule has 2 aliphatic rings. The van der Waals surface area contributed by atoms with Gasteiger partial charge in [0.2, 0.25) is 5.91 Å². The highest BCUT2D eigenvalue weighted by molar-refractivity contribution is 5.94. The van der Waals surface area contributed by atoms with Crippen LogP contribution in [0.25, 0.3) is 0 Å². The maximum atomic E-state index is 11.7. The third-order valence-corrected chi connectivity index (χ3v) is 3.50. The van der Waals surface area contributed by atoms with Crippen LogP contribution in [0.3, 0.4) is 0 Å². The molecule has 0 radical (unpaired) electrons. The number of hydrogen-bond acceptors (Lipinski definition) is 3. The number of amides is 1. The summed E-state index contributed by atoms with van der Waals surface area (Å²) in [5.74, 6) is -0.0939. The molecule has 3 rings (SSSR count). The first kappa shape index (κ1) is 12.0. The quantitative estimate of drug-likeness (QED) is 0.870. The van der Waals surface area contributed by atoms with Gasteiger partial charge in [0.15, 0.2) is 6.10 Å². The predicted octanol–water partition coefficient (Wildman–Crippen LogP) is 1.81. The topological polar surface area (TPSA) is 75.6 Å². The van der Waals surface area contributed by atoms with Crippen LogP contribution >= 0.6 is 0 Å². The van der Waals surface area contributed by atoms with E-state index in [9.17, 15) is 9.59 Å². The van der Waals surface area contributed by atoms with E-state index in [0.717, 1.165) is 24.1 Å². The molecule has 1 aromatic rings. The zero-order chi connectivity index (χ0) is 13.4. The monoisotopic (exact) mass is 261 g/mol. The lowest BCUT2D eigenvalue weighted by atomic mass is 10.0. The summed E-state index contributed by atoms with van der Waals surface area (Å²) < 4.78 is 5.40. The van der Waals surface area contributed by atoms with Gasteiger partial charge in [0, 0.05) is 11.6 Å². The Morgan fingerprint density at radius 2 is 2.05 bits per heavy atom. The van der Waals surface area contributed by atoms with Gasteiger partial charge in [0.05, 0.1) is 0 Å². The molecule has 1 atom stereocenters. The van der Waals surface area contributed by atoms with E-state index in [1.807, 2.05) is 6.07 Å². The SMILES string of the molecule is O=C(Nc1ccc2c(c1)CC[C@@H](C(=O)O)O2)C1CC1. The Morgan fingerprint density at radius 1 is 1.26 bits per heavy atom. The minimum Gasteiger partial charge on any atom is -0.479 e. The summed E-state index contributed by atoms with van der Waals surface area (Å²) in [5.41, 5.74) is 1.71. The van der Waals surface area contributed by atoms with Gasteiger partial charge in [-0.05, 0) is 49.4 Å². The Balaban J connectivity index is 1.73. The minimum absolute atomic E-state index is 0.0695. The Morgan fingerprint density at radius 3 is 2.74 bits per heavy atom. The van der Waals surface area contributed by atoms with Gasteiger partial charge in [-0.15, -0.1) is 0 Å². The fourth-order valence-corrected chi connectivity index (χ4v) is 2.23. The highest BCUT2D eigenvalue weighted by atomic mass is 16.5. The first-order valence-electron chi connectivity index (χ1n) is 6.47. The van der Waals surface area contributed by atoms with E-state index in [1.54, 1.807) is 12.1 Å². The average molecular weight is 261 g/mol. The molecule has 2 N–H and O–H groups in total. The summed E-state index contributed by atoms with van der Waals surface area (Å²) >= 11 is 0. The van der Waals surface area contributed by atoms with Gasteiger partial charge in [-0.3, -0.25) is 4.79 Å². The molecular formula is C14H15NO4. The number of rotatable bonds is 3. The number of ether oxygens (including phenoxy) is 1. The largest absolute Gasteiger partial charge is 0.479 e. The normalized spacial score (nSPS) is 21.2. The van der Waals surface area contributed by atoms with E-state index in [0.29, 0.717) is 18.6 Å². The fourth-order valence-electron chi connectivity index (χ4n) is 2.23. The average Bonchev–Trinajstić information content (AvgIpc) is 3.22. The molecule has 19 heavy (non-hydrogen) atoms. The van der Waals surface area contributed by atoms with E-state index in [-0.39, 0.29) is 11.8 Å². The Labute approximate surface area is 110 Å². The summed E-state index contributed by atoms with van der Waals surface area (Å²) in [4.78, 5) is 22.5. The molecular weight excluding hydrogens is 246 g/mol. The zero-order valence-corrected chi connectivity index (χ0v) is 10.4. The summed E-state index contributed by atoms with van der Waals surface area (Å²) in [6.07, 6.45) is 2.29. The molecule has 1 amide bonds. The van der Waals surface area contributed by atoms with E-state index in [1.165, 1.54) is 0 Å². The number of benzene rings is 1. The minimum atomic E-state index is -0.934. The molecule has 1 heterocycles. The Bertz CT molecular complexity index is 536. The predicted molar refractivity (Wildman–Crippen MR) is 68.2 cm³/mol. The molecule has 1 saturated carbocycles. The van der Waals surface area contributed by atoms with Gasteiger partial charge in [-0.25, -0.2) is 4.79 Å². The van der Waals surface area contributed by atoms with Crippen LogP contribution in [-0.2, 0) is 16.0 Å². The van der Waals surface area contributed by atoms with Gasteiger partial charge >= 0.3 is 5.97 Å². The van der Waals surface area contributed by atoms with Crippen LogP contribution in [0.2, 0.25) is 0 Å². The summed E-state index contributed by atoms with van der Waals surface area (Å²) in [7, 11) is 0. The van der Waals surface area contributed by atoms with Crippen LogP contribution in [0.4, 0.5) is 5.69 Å². The molecule has 1 aliphatic heterocycles. The molecule has 1 aromatic carbocycles. The van der Waals surface area contributed by atoms with Crippen molar-refractivity contribution < 1.29 is 19.4 Å². The lowest BCUT2D eigenvalue weighted by Gasteiger charge is -2.23. The van der Waals surface area contributed by atoms with Crippen LogP contribution < -0.4 is 10.1 Å².